The van der Waals surface area contributed by atoms with Gasteiger partial charge in [0.15, 0.2) is 0 Å². The van der Waals surface area contributed by atoms with Gasteiger partial charge in [0.1, 0.15) is 6.04 Å². The van der Waals surface area contributed by atoms with E-state index in [9.17, 15) is 9.59 Å². The second-order valence-corrected chi connectivity index (χ2v) is 5.05. The summed E-state index contributed by atoms with van der Waals surface area (Å²) in [7, 11) is 0. The second-order valence-electron chi connectivity index (χ2n) is 5.05. The molecule has 0 aromatic carbocycles. The summed E-state index contributed by atoms with van der Waals surface area (Å²) in [6, 6.07) is -0.617. The fourth-order valence-electron chi connectivity index (χ4n) is 2.35. The van der Waals surface area contributed by atoms with Crippen LogP contribution in [-0.4, -0.2) is 90.4 Å². The topological polar surface area (TPSA) is 85.3 Å². The lowest BCUT2D eigenvalue weighted by Gasteiger charge is -2.37. The van der Waals surface area contributed by atoms with Crippen molar-refractivity contribution in [3.05, 3.63) is 0 Å². The Kier molecular flexibility index (Phi) is 5.16. The van der Waals surface area contributed by atoms with Gasteiger partial charge in [-0.05, 0) is 6.92 Å². The number of morpholine rings is 1. The first kappa shape index (κ1) is 15.0. The first-order valence-electron chi connectivity index (χ1n) is 6.93. The van der Waals surface area contributed by atoms with Gasteiger partial charge in [-0.2, -0.15) is 0 Å². The monoisotopic (exact) mass is 286 g/mol. The van der Waals surface area contributed by atoms with E-state index >= 15 is 0 Å². The zero-order chi connectivity index (χ0) is 14.5. The Balaban J connectivity index is 1.75. The van der Waals surface area contributed by atoms with Crippen molar-refractivity contribution in [1.29, 1.82) is 0 Å². The van der Waals surface area contributed by atoms with Crippen molar-refractivity contribution in [2.45, 2.75) is 13.0 Å². The number of rotatable bonds is 3. The third-order valence-corrected chi connectivity index (χ3v) is 3.77. The largest absolute Gasteiger partial charge is 0.480 e. The predicted molar refractivity (Wildman–Crippen MR) is 71.2 cm³/mol. The minimum Gasteiger partial charge on any atom is -0.480 e. The Bertz CT molecular complexity index is 351. The second kappa shape index (κ2) is 6.87. The standard InChI is InChI=1S/C12H22N4O4/c1-10(11(17)18)14-2-4-15(5-3-14)12(19)13-16-6-8-20-9-7-16/h10H,2-9H2,1H3,(H,13,19)(H,17,18). The van der Waals surface area contributed by atoms with E-state index in [2.05, 4.69) is 5.43 Å². The highest BCUT2D eigenvalue weighted by molar-refractivity contribution is 5.74. The van der Waals surface area contributed by atoms with Gasteiger partial charge in [0, 0.05) is 39.3 Å². The lowest BCUT2D eigenvalue weighted by atomic mass is 10.2. The molecular weight excluding hydrogens is 264 g/mol. The summed E-state index contributed by atoms with van der Waals surface area (Å²) in [5.74, 6) is -0.823. The van der Waals surface area contributed by atoms with Crippen LogP contribution in [0.5, 0.6) is 0 Å². The Labute approximate surface area is 118 Å². The molecule has 8 heteroatoms. The first-order valence-corrected chi connectivity index (χ1v) is 6.93. The van der Waals surface area contributed by atoms with Gasteiger partial charge in [-0.15, -0.1) is 0 Å². The van der Waals surface area contributed by atoms with Crippen molar-refractivity contribution in [1.82, 2.24) is 20.2 Å². The third-order valence-electron chi connectivity index (χ3n) is 3.77. The lowest BCUT2D eigenvalue weighted by molar-refractivity contribution is -0.143. The Morgan fingerprint density at radius 3 is 2.25 bits per heavy atom. The maximum atomic E-state index is 12.1. The number of piperazine rings is 1. The van der Waals surface area contributed by atoms with Crippen molar-refractivity contribution in [2.24, 2.45) is 0 Å². The highest BCUT2D eigenvalue weighted by Crippen LogP contribution is 2.07. The molecule has 1 unspecified atom stereocenters. The van der Waals surface area contributed by atoms with Crippen molar-refractivity contribution in [3.8, 4) is 0 Å². The number of hydrazine groups is 1. The molecule has 0 saturated carbocycles. The van der Waals surface area contributed by atoms with Crippen LogP contribution >= 0.6 is 0 Å². The van der Waals surface area contributed by atoms with Crippen LogP contribution in [0.4, 0.5) is 4.79 Å². The molecule has 2 aliphatic heterocycles. The van der Waals surface area contributed by atoms with Crippen LogP contribution in [0.3, 0.4) is 0 Å². The number of urea groups is 1. The van der Waals surface area contributed by atoms with Gasteiger partial charge < -0.3 is 14.7 Å². The van der Waals surface area contributed by atoms with Crippen LogP contribution in [0.25, 0.3) is 0 Å². The average Bonchev–Trinajstić information content (AvgIpc) is 2.47. The highest BCUT2D eigenvalue weighted by atomic mass is 16.5. The molecule has 0 radical (unpaired) electrons. The molecule has 20 heavy (non-hydrogen) atoms. The summed E-state index contributed by atoms with van der Waals surface area (Å²) in [5.41, 5.74) is 2.86. The van der Waals surface area contributed by atoms with E-state index in [1.54, 1.807) is 11.8 Å². The summed E-state index contributed by atoms with van der Waals surface area (Å²) >= 11 is 0. The number of carboxylic acid groups (broad SMARTS) is 1. The Morgan fingerprint density at radius 1 is 1.10 bits per heavy atom. The van der Waals surface area contributed by atoms with Gasteiger partial charge >= 0.3 is 12.0 Å². The fourth-order valence-corrected chi connectivity index (χ4v) is 2.35. The quantitative estimate of drug-likeness (QED) is 0.694. The normalized spacial score (nSPS) is 23.4. The number of nitrogens with one attached hydrogen (secondary N) is 1. The number of aliphatic carboxylic acids is 1. The molecule has 2 amide bonds. The maximum Gasteiger partial charge on any atom is 0.332 e. The molecule has 0 bridgehead atoms. The van der Waals surface area contributed by atoms with E-state index in [1.165, 1.54) is 0 Å². The van der Waals surface area contributed by atoms with Gasteiger partial charge in [0.05, 0.1) is 13.2 Å². The van der Waals surface area contributed by atoms with Gasteiger partial charge in [0.2, 0.25) is 0 Å². The Hall–Kier alpha value is -1.38. The van der Waals surface area contributed by atoms with Crippen molar-refractivity contribution < 1.29 is 19.4 Å². The minimum absolute atomic E-state index is 0.116. The van der Waals surface area contributed by atoms with Crippen LogP contribution < -0.4 is 5.43 Å². The molecule has 0 spiro atoms. The van der Waals surface area contributed by atoms with Crippen LogP contribution in [-0.2, 0) is 9.53 Å². The van der Waals surface area contributed by atoms with Crippen molar-refractivity contribution >= 4 is 12.0 Å². The zero-order valence-electron chi connectivity index (χ0n) is 11.7. The molecule has 0 aromatic rings. The molecule has 0 aliphatic carbocycles. The molecule has 2 saturated heterocycles. The number of hydrogen-bond donors (Lipinski definition) is 2. The van der Waals surface area contributed by atoms with E-state index in [0.29, 0.717) is 52.5 Å². The molecule has 2 fully saturated rings. The third kappa shape index (κ3) is 3.81. The number of carbonyl (C=O) groups is 2. The van der Waals surface area contributed by atoms with Gasteiger partial charge in [0.25, 0.3) is 0 Å². The zero-order valence-corrected chi connectivity index (χ0v) is 11.7. The van der Waals surface area contributed by atoms with Gasteiger partial charge in [-0.1, -0.05) is 0 Å². The van der Waals surface area contributed by atoms with E-state index < -0.39 is 12.0 Å². The van der Waals surface area contributed by atoms with E-state index in [-0.39, 0.29) is 6.03 Å². The summed E-state index contributed by atoms with van der Waals surface area (Å²) in [5, 5.41) is 10.8. The van der Waals surface area contributed by atoms with Crippen LogP contribution in [0.1, 0.15) is 6.92 Å². The molecule has 8 nitrogen and oxygen atoms in total. The van der Waals surface area contributed by atoms with E-state index in [1.807, 2.05) is 9.91 Å². The smallest absolute Gasteiger partial charge is 0.332 e. The molecule has 2 aliphatic rings. The van der Waals surface area contributed by atoms with Gasteiger partial charge in [-0.3, -0.25) is 15.1 Å². The number of carbonyl (C=O) groups excluding carboxylic acids is 1. The summed E-state index contributed by atoms with van der Waals surface area (Å²) < 4.78 is 5.22. The summed E-state index contributed by atoms with van der Waals surface area (Å²) in [6.45, 7) is 6.60. The highest BCUT2D eigenvalue weighted by Gasteiger charge is 2.27. The molecule has 1 atom stereocenters. The number of ether oxygens (including phenoxy) is 1. The number of nitrogens with zero attached hydrogens (tertiary/aromatic N) is 3. The number of hydrogen-bond acceptors (Lipinski definition) is 5. The Morgan fingerprint density at radius 2 is 1.70 bits per heavy atom. The predicted octanol–water partition coefficient (Wildman–Crippen LogP) is -0.966. The molecule has 114 valence electrons. The van der Waals surface area contributed by atoms with Crippen LogP contribution in [0, 0.1) is 0 Å². The van der Waals surface area contributed by atoms with Crippen molar-refractivity contribution in [3.63, 3.8) is 0 Å². The molecule has 2 rings (SSSR count). The SMILES string of the molecule is CC(C(=O)O)N1CCN(C(=O)NN2CCOCC2)CC1. The average molecular weight is 286 g/mol. The molecular formula is C12H22N4O4. The van der Waals surface area contributed by atoms with Crippen LogP contribution in [0.2, 0.25) is 0 Å². The van der Waals surface area contributed by atoms with E-state index in [4.69, 9.17) is 9.84 Å². The summed E-state index contributed by atoms with van der Waals surface area (Å²) in [4.78, 5) is 26.6. The van der Waals surface area contributed by atoms with Crippen LogP contribution in [0.15, 0.2) is 0 Å². The van der Waals surface area contributed by atoms with Gasteiger partial charge in [-0.25, -0.2) is 9.80 Å². The summed E-state index contributed by atoms with van der Waals surface area (Å²) in [6.07, 6.45) is 0. The molecule has 2 heterocycles. The fraction of sp³-hybridized carbons (Fsp3) is 0.833. The molecule has 2 N–H and O–H groups in total. The first-order chi connectivity index (χ1) is 9.58. The van der Waals surface area contributed by atoms with Crippen molar-refractivity contribution in [2.75, 3.05) is 52.5 Å². The number of amides is 2. The molecule has 0 aromatic heterocycles. The lowest BCUT2D eigenvalue weighted by Crippen LogP contribution is -2.58. The maximum absolute atomic E-state index is 12.1. The number of carboxylic acids is 1. The minimum atomic E-state index is -0.823. The van der Waals surface area contributed by atoms with E-state index in [0.717, 1.165) is 0 Å².